The Morgan fingerprint density at radius 3 is 2.66 bits per heavy atom. The number of amides is 2. The Labute approximate surface area is 174 Å². The molecule has 2 aliphatic heterocycles. The lowest BCUT2D eigenvalue weighted by atomic mass is 10.2. The lowest BCUT2D eigenvalue weighted by Gasteiger charge is -2.26. The molecule has 2 heterocycles. The van der Waals surface area contributed by atoms with Crippen LogP contribution in [0.5, 0.6) is 11.5 Å². The lowest BCUT2D eigenvalue weighted by Crippen LogP contribution is -2.41. The molecule has 2 aliphatic rings. The molecule has 0 atom stereocenters. The Morgan fingerprint density at radius 1 is 1.10 bits per heavy atom. The zero-order valence-corrected chi connectivity index (χ0v) is 16.8. The number of nitrogens with zero attached hydrogens (tertiary/aromatic N) is 2. The standard InChI is InChI=1S/C22H22N2O4S/c25-21(14-23-16-29-15-22(23)26)24(10-4-7-17-5-2-1-3-6-17)18-8-9-19-20(13-18)28-12-11-27-19/h1-9,13H,10-12,14-16H2/b7-4+. The van der Waals surface area contributed by atoms with Gasteiger partial charge in [-0.1, -0.05) is 42.5 Å². The third kappa shape index (κ3) is 4.74. The number of thioether (sulfide) groups is 1. The second kappa shape index (κ2) is 9.05. The van der Waals surface area contributed by atoms with Crippen molar-refractivity contribution in [1.29, 1.82) is 0 Å². The molecule has 0 bridgehead atoms. The van der Waals surface area contributed by atoms with Gasteiger partial charge in [-0.3, -0.25) is 9.59 Å². The fourth-order valence-corrected chi connectivity index (χ4v) is 4.10. The molecule has 2 amide bonds. The second-order valence-corrected chi connectivity index (χ2v) is 7.67. The third-order valence-corrected chi connectivity index (χ3v) is 5.63. The van der Waals surface area contributed by atoms with Crippen LogP contribution in [-0.2, 0) is 9.59 Å². The number of hydrogen-bond acceptors (Lipinski definition) is 5. The molecule has 0 N–H and O–H groups in total. The maximum atomic E-state index is 13.1. The first-order valence-corrected chi connectivity index (χ1v) is 10.6. The van der Waals surface area contributed by atoms with Crippen LogP contribution in [0.25, 0.3) is 6.08 Å². The number of carbonyl (C=O) groups is 2. The van der Waals surface area contributed by atoms with Crippen molar-refractivity contribution in [3.05, 3.63) is 60.2 Å². The number of hydrogen-bond donors (Lipinski definition) is 0. The molecule has 0 aromatic heterocycles. The lowest BCUT2D eigenvalue weighted by molar-refractivity contribution is -0.131. The second-order valence-electron chi connectivity index (χ2n) is 6.71. The van der Waals surface area contributed by atoms with Crippen LogP contribution in [0.15, 0.2) is 54.6 Å². The number of carbonyl (C=O) groups excluding carboxylic acids is 2. The van der Waals surface area contributed by atoms with Crippen LogP contribution in [0, 0.1) is 0 Å². The largest absolute Gasteiger partial charge is 0.486 e. The predicted octanol–water partition coefficient (Wildman–Crippen LogP) is 3.04. The highest BCUT2D eigenvalue weighted by Gasteiger charge is 2.26. The zero-order valence-electron chi connectivity index (χ0n) is 16.0. The summed E-state index contributed by atoms with van der Waals surface area (Å²) in [5.74, 6) is 2.18. The summed E-state index contributed by atoms with van der Waals surface area (Å²) in [7, 11) is 0. The third-order valence-electron chi connectivity index (χ3n) is 4.69. The molecule has 7 heteroatoms. The van der Waals surface area contributed by atoms with E-state index in [1.807, 2.05) is 60.7 Å². The van der Waals surface area contributed by atoms with Gasteiger partial charge in [-0.05, 0) is 17.7 Å². The van der Waals surface area contributed by atoms with Crippen LogP contribution in [0.4, 0.5) is 5.69 Å². The molecule has 0 spiro atoms. The Morgan fingerprint density at radius 2 is 1.90 bits per heavy atom. The Kier molecular flexibility index (Phi) is 6.05. The number of fused-ring (bicyclic) bond motifs is 1. The van der Waals surface area contributed by atoms with Gasteiger partial charge in [0.05, 0.1) is 11.6 Å². The average molecular weight is 410 g/mol. The summed E-state index contributed by atoms with van der Waals surface area (Å²) in [6.07, 6.45) is 3.93. The molecule has 150 valence electrons. The van der Waals surface area contributed by atoms with Gasteiger partial charge in [0.1, 0.15) is 19.8 Å². The number of anilines is 1. The van der Waals surface area contributed by atoms with Gasteiger partial charge in [0.2, 0.25) is 11.8 Å². The normalized spacial score (nSPS) is 15.7. The highest BCUT2D eigenvalue weighted by atomic mass is 32.2. The smallest absolute Gasteiger partial charge is 0.246 e. The molecule has 6 nitrogen and oxygen atoms in total. The zero-order chi connectivity index (χ0) is 20.1. The number of rotatable bonds is 6. The SMILES string of the molecule is O=C1CSCN1CC(=O)N(C/C=C/c1ccccc1)c1ccc2c(c1)OCCO2. The summed E-state index contributed by atoms with van der Waals surface area (Å²) in [6.45, 7) is 1.46. The molecule has 2 aromatic rings. The van der Waals surface area contributed by atoms with Gasteiger partial charge in [0, 0.05) is 18.3 Å². The average Bonchev–Trinajstić information content (AvgIpc) is 3.16. The molecule has 2 aromatic carbocycles. The molecule has 0 radical (unpaired) electrons. The van der Waals surface area contributed by atoms with Gasteiger partial charge < -0.3 is 19.3 Å². The fraction of sp³-hybridized carbons (Fsp3) is 0.273. The van der Waals surface area contributed by atoms with Crippen molar-refractivity contribution in [3.63, 3.8) is 0 Å². The topological polar surface area (TPSA) is 59.1 Å². The van der Waals surface area contributed by atoms with Crippen molar-refractivity contribution < 1.29 is 19.1 Å². The van der Waals surface area contributed by atoms with Crippen molar-refractivity contribution in [2.24, 2.45) is 0 Å². The summed E-state index contributed by atoms with van der Waals surface area (Å²) in [5, 5.41) is 0. The summed E-state index contributed by atoms with van der Waals surface area (Å²) < 4.78 is 11.3. The minimum Gasteiger partial charge on any atom is -0.486 e. The van der Waals surface area contributed by atoms with Crippen LogP contribution in [0.2, 0.25) is 0 Å². The molecular formula is C22H22N2O4S. The maximum Gasteiger partial charge on any atom is 0.246 e. The van der Waals surface area contributed by atoms with Crippen molar-refractivity contribution in [2.75, 3.05) is 42.8 Å². The Balaban J connectivity index is 1.55. The van der Waals surface area contributed by atoms with E-state index in [0.29, 0.717) is 42.9 Å². The quantitative estimate of drug-likeness (QED) is 0.733. The molecule has 29 heavy (non-hydrogen) atoms. The van der Waals surface area contributed by atoms with E-state index < -0.39 is 0 Å². The van der Waals surface area contributed by atoms with E-state index in [1.165, 1.54) is 11.8 Å². The van der Waals surface area contributed by atoms with E-state index >= 15 is 0 Å². The van der Waals surface area contributed by atoms with E-state index in [4.69, 9.17) is 9.47 Å². The van der Waals surface area contributed by atoms with E-state index in [9.17, 15) is 9.59 Å². The van der Waals surface area contributed by atoms with Gasteiger partial charge in [-0.2, -0.15) is 0 Å². The number of ether oxygens (including phenoxy) is 2. The summed E-state index contributed by atoms with van der Waals surface area (Å²) in [6, 6.07) is 15.4. The van der Waals surface area contributed by atoms with Crippen LogP contribution in [0.1, 0.15) is 5.56 Å². The van der Waals surface area contributed by atoms with Crippen molar-refractivity contribution >= 4 is 35.3 Å². The first-order valence-electron chi connectivity index (χ1n) is 9.48. The van der Waals surface area contributed by atoms with Crippen LogP contribution >= 0.6 is 11.8 Å². The van der Waals surface area contributed by atoms with Gasteiger partial charge >= 0.3 is 0 Å². The monoisotopic (exact) mass is 410 g/mol. The van der Waals surface area contributed by atoms with Crippen molar-refractivity contribution in [1.82, 2.24) is 4.90 Å². The van der Waals surface area contributed by atoms with Crippen LogP contribution < -0.4 is 14.4 Å². The van der Waals surface area contributed by atoms with Crippen molar-refractivity contribution in [2.45, 2.75) is 0 Å². The molecule has 1 fully saturated rings. The fourth-order valence-electron chi connectivity index (χ4n) is 3.20. The minimum absolute atomic E-state index is 0.00491. The molecule has 4 rings (SSSR count). The number of benzene rings is 2. The minimum atomic E-state index is -0.129. The van der Waals surface area contributed by atoms with Gasteiger partial charge in [0.15, 0.2) is 11.5 Å². The van der Waals surface area contributed by atoms with Crippen molar-refractivity contribution in [3.8, 4) is 11.5 Å². The molecule has 1 saturated heterocycles. The van der Waals surface area contributed by atoms with Gasteiger partial charge in [-0.25, -0.2) is 0 Å². The summed E-state index contributed by atoms with van der Waals surface area (Å²) >= 11 is 1.53. The highest BCUT2D eigenvalue weighted by Crippen LogP contribution is 2.34. The maximum absolute atomic E-state index is 13.1. The molecule has 0 aliphatic carbocycles. The first kappa shape index (κ1) is 19.4. The molecule has 0 saturated carbocycles. The highest BCUT2D eigenvalue weighted by molar-refractivity contribution is 8.00. The van der Waals surface area contributed by atoms with E-state index in [0.717, 1.165) is 11.3 Å². The summed E-state index contributed by atoms with van der Waals surface area (Å²) in [4.78, 5) is 28.3. The van der Waals surface area contributed by atoms with Crippen LogP contribution in [-0.4, -0.2) is 54.6 Å². The Hall–Kier alpha value is -2.93. The van der Waals surface area contributed by atoms with E-state index in [1.54, 1.807) is 9.80 Å². The van der Waals surface area contributed by atoms with Gasteiger partial charge in [0.25, 0.3) is 0 Å². The van der Waals surface area contributed by atoms with Crippen LogP contribution in [0.3, 0.4) is 0 Å². The summed E-state index contributed by atoms with van der Waals surface area (Å²) in [5.41, 5.74) is 1.78. The Bertz CT molecular complexity index is 916. The van der Waals surface area contributed by atoms with Gasteiger partial charge in [-0.15, -0.1) is 11.8 Å². The molecule has 0 unspecified atom stereocenters. The van der Waals surface area contributed by atoms with E-state index in [2.05, 4.69) is 0 Å². The molecular weight excluding hydrogens is 388 g/mol. The predicted molar refractivity (Wildman–Crippen MR) is 114 cm³/mol. The first-order chi connectivity index (χ1) is 14.2. The van der Waals surface area contributed by atoms with E-state index in [-0.39, 0.29) is 18.4 Å².